The summed E-state index contributed by atoms with van der Waals surface area (Å²) in [6, 6.07) is 8.36. The maximum absolute atomic E-state index is 9.75. The van der Waals surface area contributed by atoms with E-state index in [0.717, 1.165) is 25.9 Å². The first-order chi connectivity index (χ1) is 7.99. The van der Waals surface area contributed by atoms with Gasteiger partial charge in [-0.15, -0.1) is 0 Å². The summed E-state index contributed by atoms with van der Waals surface area (Å²) in [5.41, 5.74) is 1.39. The van der Waals surface area contributed by atoms with Gasteiger partial charge in [0.25, 0.3) is 0 Å². The molecule has 0 aromatic heterocycles. The van der Waals surface area contributed by atoms with Gasteiger partial charge in [-0.25, -0.2) is 0 Å². The van der Waals surface area contributed by atoms with E-state index in [-0.39, 0.29) is 11.6 Å². The number of hydrogen-bond donors (Lipinski definition) is 1. The Kier molecular flexibility index (Phi) is 3.91. The highest BCUT2D eigenvalue weighted by molar-refractivity contribution is 9.10. The summed E-state index contributed by atoms with van der Waals surface area (Å²) in [5, 5.41) is 9.75. The van der Waals surface area contributed by atoms with E-state index in [2.05, 4.69) is 52.9 Å². The molecule has 0 aliphatic carbocycles. The number of likely N-dealkylation sites (tertiary alicyclic amines) is 1. The molecule has 0 radical (unpaired) electrons. The van der Waals surface area contributed by atoms with Crippen molar-refractivity contribution in [2.45, 2.75) is 44.9 Å². The molecule has 3 heteroatoms. The number of aliphatic hydroxyl groups excluding tert-OH is 1. The van der Waals surface area contributed by atoms with Gasteiger partial charge in [-0.3, -0.25) is 4.90 Å². The van der Waals surface area contributed by atoms with Crippen LogP contribution >= 0.6 is 15.9 Å². The molecule has 1 fully saturated rings. The third-order valence-electron chi connectivity index (χ3n) is 3.64. The third kappa shape index (κ3) is 3.09. The number of halogens is 1. The Morgan fingerprint density at radius 1 is 1.41 bits per heavy atom. The summed E-state index contributed by atoms with van der Waals surface area (Å²) in [5.74, 6) is 0. The molecule has 94 valence electrons. The van der Waals surface area contributed by atoms with Gasteiger partial charge in [-0.2, -0.15) is 0 Å². The molecule has 1 N–H and O–H groups in total. The number of benzene rings is 1. The standard InChI is InChI=1S/C14H20BrNO/c1-14(2)9-12(17)7-8-16(14)10-11-5-3-4-6-13(11)15/h3-6,12,17H,7-10H2,1-2H3. The van der Waals surface area contributed by atoms with E-state index in [1.54, 1.807) is 0 Å². The largest absolute Gasteiger partial charge is 0.393 e. The summed E-state index contributed by atoms with van der Waals surface area (Å²) in [6.07, 6.45) is 1.60. The zero-order chi connectivity index (χ0) is 12.5. The molecule has 1 aromatic rings. The van der Waals surface area contributed by atoms with Crippen LogP contribution in [0, 0.1) is 0 Å². The smallest absolute Gasteiger partial charge is 0.0569 e. The first kappa shape index (κ1) is 13.1. The quantitative estimate of drug-likeness (QED) is 0.906. The predicted molar refractivity (Wildman–Crippen MR) is 73.9 cm³/mol. The van der Waals surface area contributed by atoms with Gasteiger partial charge < -0.3 is 5.11 Å². The van der Waals surface area contributed by atoms with Crippen LogP contribution in [0.4, 0.5) is 0 Å². The van der Waals surface area contributed by atoms with Gasteiger partial charge in [0.2, 0.25) is 0 Å². The second-order valence-electron chi connectivity index (χ2n) is 5.47. The van der Waals surface area contributed by atoms with Crippen LogP contribution in [0.15, 0.2) is 28.7 Å². The van der Waals surface area contributed by atoms with E-state index in [9.17, 15) is 5.11 Å². The monoisotopic (exact) mass is 297 g/mol. The third-order valence-corrected chi connectivity index (χ3v) is 4.42. The van der Waals surface area contributed by atoms with E-state index < -0.39 is 0 Å². The van der Waals surface area contributed by atoms with Crippen LogP contribution in [0.3, 0.4) is 0 Å². The van der Waals surface area contributed by atoms with Crippen molar-refractivity contribution in [2.24, 2.45) is 0 Å². The van der Waals surface area contributed by atoms with Gasteiger partial charge >= 0.3 is 0 Å². The fourth-order valence-electron chi connectivity index (χ4n) is 2.54. The van der Waals surface area contributed by atoms with Crippen molar-refractivity contribution in [1.82, 2.24) is 4.90 Å². The second-order valence-corrected chi connectivity index (χ2v) is 6.33. The minimum atomic E-state index is -0.138. The minimum Gasteiger partial charge on any atom is -0.393 e. The van der Waals surface area contributed by atoms with Gasteiger partial charge in [-0.1, -0.05) is 34.1 Å². The average molecular weight is 298 g/mol. The van der Waals surface area contributed by atoms with Crippen LogP contribution < -0.4 is 0 Å². The predicted octanol–water partition coefficient (Wildman–Crippen LogP) is 3.18. The SMILES string of the molecule is CC1(C)CC(O)CCN1Cc1ccccc1Br. The van der Waals surface area contributed by atoms with Crippen molar-refractivity contribution >= 4 is 15.9 Å². The highest BCUT2D eigenvalue weighted by Crippen LogP contribution is 2.30. The van der Waals surface area contributed by atoms with Crippen molar-refractivity contribution in [2.75, 3.05) is 6.54 Å². The molecule has 0 amide bonds. The summed E-state index contributed by atoms with van der Waals surface area (Å²) in [6.45, 7) is 6.34. The van der Waals surface area contributed by atoms with E-state index in [1.807, 2.05) is 6.07 Å². The van der Waals surface area contributed by atoms with Gasteiger partial charge in [-0.05, 0) is 38.3 Å². The molecule has 1 saturated heterocycles. The molecule has 1 unspecified atom stereocenters. The first-order valence-electron chi connectivity index (χ1n) is 6.15. The van der Waals surface area contributed by atoms with E-state index in [1.165, 1.54) is 10.0 Å². The number of piperidine rings is 1. The van der Waals surface area contributed by atoms with Crippen LogP contribution in [-0.2, 0) is 6.54 Å². The molecule has 1 atom stereocenters. The average Bonchev–Trinajstić information content (AvgIpc) is 2.24. The van der Waals surface area contributed by atoms with Crippen molar-refractivity contribution in [1.29, 1.82) is 0 Å². The molecular weight excluding hydrogens is 278 g/mol. The molecule has 1 aromatic carbocycles. The van der Waals surface area contributed by atoms with Gasteiger partial charge in [0, 0.05) is 23.1 Å². The maximum Gasteiger partial charge on any atom is 0.0569 e. The first-order valence-corrected chi connectivity index (χ1v) is 6.95. The maximum atomic E-state index is 9.75. The number of aliphatic hydroxyl groups is 1. The fourth-order valence-corrected chi connectivity index (χ4v) is 2.95. The number of hydrogen-bond acceptors (Lipinski definition) is 2. The van der Waals surface area contributed by atoms with Crippen LogP contribution in [0.1, 0.15) is 32.3 Å². The molecular formula is C14H20BrNO. The lowest BCUT2D eigenvalue weighted by Gasteiger charge is -2.44. The van der Waals surface area contributed by atoms with Crippen LogP contribution in [0.2, 0.25) is 0 Å². The summed E-state index contributed by atoms with van der Waals surface area (Å²) in [4.78, 5) is 2.46. The van der Waals surface area contributed by atoms with E-state index >= 15 is 0 Å². The van der Waals surface area contributed by atoms with E-state index in [0.29, 0.717) is 0 Å². The molecule has 1 aliphatic rings. The van der Waals surface area contributed by atoms with Gasteiger partial charge in [0.1, 0.15) is 0 Å². The van der Waals surface area contributed by atoms with Gasteiger partial charge in [0.15, 0.2) is 0 Å². The zero-order valence-corrected chi connectivity index (χ0v) is 12.1. The molecule has 1 aliphatic heterocycles. The highest BCUT2D eigenvalue weighted by Gasteiger charge is 2.33. The Hall–Kier alpha value is -0.380. The zero-order valence-electron chi connectivity index (χ0n) is 10.5. The second kappa shape index (κ2) is 5.09. The summed E-state index contributed by atoms with van der Waals surface area (Å²) >= 11 is 3.60. The Morgan fingerprint density at radius 3 is 2.76 bits per heavy atom. The van der Waals surface area contributed by atoms with Crippen LogP contribution in [0.5, 0.6) is 0 Å². The number of nitrogens with zero attached hydrogens (tertiary/aromatic N) is 1. The van der Waals surface area contributed by atoms with Crippen molar-refractivity contribution in [3.63, 3.8) is 0 Å². The minimum absolute atomic E-state index is 0.0763. The Bertz CT molecular complexity index is 392. The Labute approximate surface area is 112 Å². The normalized spacial score (nSPS) is 24.8. The van der Waals surface area contributed by atoms with Crippen molar-refractivity contribution < 1.29 is 5.11 Å². The molecule has 1 heterocycles. The van der Waals surface area contributed by atoms with Crippen molar-refractivity contribution in [3.05, 3.63) is 34.3 Å². The lowest BCUT2D eigenvalue weighted by molar-refractivity contribution is -0.00727. The molecule has 2 nitrogen and oxygen atoms in total. The lowest BCUT2D eigenvalue weighted by Crippen LogP contribution is -2.50. The topological polar surface area (TPSA) is 23.5 Å². The van der Waals surface area contributed by atoms with Crippen LogP contribution in [-0.4, -0.2) is 28.2 Å². The fraction of sp³-hybridized carbons (Fsp3) is 0.571. The Balaban J connectivity index is 2.11. The Morgan fingerprint density at radius 2 is 2.12 bits per heavy atom. The lowest BCUT2D eigenvalue weighted by atomic mass is 9.88. The van der Waals surface area contributed by atoms with Crippen LogP contribution in [0.25, 0.3) is 0 Å². The number of rotatable bonds is 2. The molecule has 17 heavy (non-hydrogen) atoms. The molecule has 0 saturated carbocycles. The van der Waals surface area contributed by atoms with E-state index in [4.69, 9.17) is 0 Å². The van der Waals surface area contributed by atoms with Gasteiger partial charge in [0.05, 0.1) is 6.10 Å². The highest BCUT2D eigenvalue weighted by atomic mass is 79.9. The molecule has 0 spiro atoms. The summed E-state index contributed by atoms with van der Waals surface area (Å²) < 4.78 is 1.17. The molecule has 0 bridgehead atoms. The molecule has 2 rings (SSSR count). The summed E-state index contributed by atoms with van der Waals surface area (Å²) in [7, 11) is 0. The van der Waals surface area contributed by atoms with Crippen molar-refractivity contribution in [3.8, 4) is 0 Å².